The second kappa shape index (κ2) is 10.5. The van der Waals surface area contributed by atoms with Gasteiger partial charge in [-0.25, -0.2) is 4.79 Å². The van der Waals surface area contributed by atoms with Crippen LogP contribution in [0.4, 0.5) is 0 Å². The summed E-state index contributed by atoms with van der Waals surface area (Å²) in [4.78, 5) is 23.8. The number of methoxy groups -OCH3 is 2. The summed E-state index contributed by atoms with van der Waals surface area (Å²) in [5.41, 5.74) is 0.716. The van der Waals surface area contributed by atoms with E-state index in [-0.39, 0.29) is 18.6 Å². The number of ether oxygens (including phenoxy) is 3. The topological polar surface area (TPSA) is 73.9 Å². The van der Waals surface area contributed by atoms with Gasteiger partial charge < -0.3 is 19.5 Å². The molecule has 1 aliphatic rings. The number of amides is 1. The largest absolute Gasteiger partial charge is 0.497 e. The molecule has 1 saturated carbocycles. The van der Waals surface area contributed by atoms with Crippen molar-refractivity contribution in [2.24, 2.45) is 0 Å². The van der Waals surface area contributed by atoms with Gasteiger partial charge in [-0.2, -0.15) is 0 Å². The number of rotatable bonds is 7. The predicted octanol–water partition coefficient (Wildman–Crippen LogP) is 3.10. The zero-order chi connectivity index (χ0) is 18.8. The monoisotopic (exact) mass is 361 g/mol. The Morgan fingerprint density at radius 1 is 1.12 bits per heavy atom. The molecule has 0 atom stereocenters. The van der Waals surface area contributed by atoms with Crippen LogP contribution in [0.3, 0.4) is 0 Å². The lowest BCUT2D eigenvalue weighted by Gasteiger charge is -2.15. The molecule has 0 saturated heterocycles. The second-order valence-corrected chi connectivity index (χ2v) is 6.30. The molecule has 6 nitrogen and oxygen atoms in total. The van der Waals surface area contributed by atoms with Crippen LogP contribution in [0, 0.1) is 0 Å². The zero-order valence-corrected chi connectivity index (χ0v) is 15.5. The van der Waals surface area contributed by atoms with E-state index >= 15 is 0 Å². The molecule has 1 fully saturated rings. The van der Waals surface area contributed by atoms with E-state index in [1.807, 2.05) is 0 Å². The van der Waals surface area contributed by atoms with Crippen molar-refractivity contribution in [3.63, 3.8) is 0 Å². The first-order chi connectivity index (χ1) is 12.6. The number of carbonyl (C=O) groups excluding carboxylic acids is 2. The van der Waals surface area contributed by atoms with E-state index in [0.717, 1.165) is 25.7 Å². The molecular formula is C20H27NO5. The molecule has 1 aromatic rings. The Balaban J connectivity index is 1.80. The van der Waals surface area contributed by atoms with E-state index in [9.17, 15) is 9.59 Å². The van der Waals surface area contributed by atoms with Crippen LogP contribution in [0.15, 0.2) is 24.3 Å². The lowest BCUT2D eigenvalue weighted by Crippen LogP contribution is -2.37. The summed E-state index contributed by atoms with van der Waals surface area (Å²) < 4.78 is 15.4. The highest BCUT2D eigenvalue weighted by molar-refractivity contribution is 5.89. The maximum absolute atomic E-state index is 11.9. The molecule has 26 heavy (non-hydrogen) atoms. The minimum absolute atomic E-state index is 0.197. The van der Waals surface area contributed by atoms with Gasteiger partial charge in [0.05, 0.1) is 14.2 Å². The van der Waals surface area contributed by atoms with Crippen LogP contribution in [0.25, 0.3) is 6.08 Å². The van der Waals surface area contributed by atoms with Crippen molar-refractivity contribution in [3.8, 4) is 11.5 Å². The molecule has 0 aliphatic heterocycles. The van der Waals surface area contributed by atoms with Gasteiger partial charge in [0.15, 0.2) is 6.61 Å². The highest BCUT2D eigenvalue weighted by atomic mass is 16.5. The van der Waals surface area contributed by atoms with Crippen LogP contribution in [0.5, 0.6) is 11.5 Å². The van der Waals surface area contributed by atoms with Crippen LogP contribution in [-0.4, -0.2) is 38.7 Å². The van der Waals surface area contributed by atoms with Crippen LogP contribution in [0.2, 0.25) is 0 Å². The van der Waals surface area contributed by atoms with Gasteiger partial charge in [0, 0.05) is 23.7 Å². The number of hydrogen-bond acceptors (Lipinski definition) is 5. The molecule has 1 aromatic carbocycles. The van der Waals surface area contributed by atoms with Crippen molar-refractivity contribution in [3.05, 3.63) is 29.8 Å². The fraction of sp³-hybridized carbons (Fsp3) is 0.500. The average molecular weight is 361 g/mol. The number of esters is 1. The lowest BCUT2D eigenvalue weighted by atomic mass is 10.1. The first-order valence-corrected chi connectivity index (χ1v) is 8.98. The minimum atomic E-state index is -0.570. The number of carbonyl (C=O) groups is 2. The van der Waals surface area contributed by atoms with E-state index in [4.69, 9.17) is 14.2 Å². The lowest BCUT2D eigenvalue weighted by molar-refractivity contribution is -0.144. The average Bonchev–Trinajstić information content (AvgIpc) is 2.93. The fourth-order valence-corrected chi connectivity index (χ4v) is 2.99. The molecular weight excluding hydrogens is 334 g/mol. The summed E-state index contributed by atoms with van der Waals surface area (Å²) in [6, 6.07) is 5.47. The number of nitrogens with one attached hydrogen (secondary N) is 1. The quantitative estimate of drug-likeness (QED) is 0.459. The maximum Gasteiger partial charge on any atom is 0.331 e. The zero-order valence-electron chi connectivity index (χ0n) is 15.5. The van der Waals surface area contributed by atoms with Gasteiger partial charge in [-0.05, 0) is 31.1 Å². The Morgan fingerprint density at radius 2 is 1.85 bits per heavy atom. The number of hydrogen-bond donors (Lipinski definition) is 1. The standard InChI is InChI=1S/C20H27NO5/c1-24-17-11-9-15(18(13-17)25-2)10-12-20(23)26-14-19(22)21-16-7-5-3-4-6-8-16/h9-13,16H,3-8,14H2,1-2H3,(H,21,22)/b12-10+. The van der Waals surface area contributed by atoms with Gasteiger partial charge in [0.1, 0.15) is 11.5 Å². The van der Waals surface area contributed by atoms with Crippen LogP contribution in [0.1, 0.15) is 44.1 Å². The summed E-state index contributed by atoms with van der Waals surface area (Å²) in [5, 5.41) is 2.94. The Labute approximate surface area is 154 Å². The molecule has 142 valence electrons. The van der Waals surface area contributed by atoms with Gasteiger partial charge >= 0.3 is 5.97 Å². The van der Waals surface area contributed by atoms with Gasteiger partial charge in [0.25, 0.3) is 5.91 Å². The van der Waals surface area contributed by atoms with E-state index in [2.05, 4.69) is 5.32 Å². The second-order valence-electron chi connectivity index (χ2n) is 6.30. The smallest absolute Gasteiger partial charge is 0.331 e. The van der Waals surface area contributed by atoms with Gasteiger partial charge in [-0.15, -0.1) is 0 Å². The Bertz CT molecular complexity index is 633. The highest BCUT2D eigenvalue weighted by Gasteiger charge is 2.15. The summed E-state index contributed by atoms with van der Waals surface area (Å²) in [5.74, 6) is 0.427. The SMILES string of the molecule is COc1ccc(/C=C/C(=O)OCC(=O)NC2CCCCCC2)c(OC)c1. The van der Waals surface area contributed by atoms with Crippen molar-refractivity contribution in [1.82, 2.24) is 5.32 Å². The van der Waals surface area contributed by atoms with E-state index < -0.39 is 5.97 Å². The van der Waals surface area contributed by atoms with Crippen LogP contribution < -0.4 is 14.8 Å². The molecule has 6 heteroatoms. The molecule has 1 N–H and O–H groups in total. The first-order valence-electron chi connectivity index (χ1n) is 8.98. The van der Waals surface area contributed by atoms with Crippen molar-refractivity contribution in [1.29, 1.82) is 0 Å². The van der Waals surface area contributed by atoms with Crippen LogP contribution in [-0.2, 0) is 14.3 Å². The molecule has 0 unspecified atom stereocenters. The predicted molar refractivity (Wildman–Crippen MR) is 99.2 cm³/mol. The molecule has 2 rings (SSSR count). The molecule has 1 aliphatic carbocycles. The molecule has 0 heterocycles. The molecule has 0 aromatic heterocycles. The van der Waals surface area contributed by atoms with Crippen LogP contribution >= 0.6 is 0 Å². The molecule has 0 radical (unpaired) electrons. The first kappa shape index (κ1) is 19.8. The summed E-state index contributed by atoms with van der Waals surface area (Å²) in [6.07, 6.45) is 9.58. The van der Waals surface area contributed by atoms with Crippen molar-refractivity contribution in [2.45, 2.75) is 44.6 Å². The minimum Gasteiger partial charge on any atom is -0.497 e. The summed E-state index contributed by atoms with van der Waals surface area (Å²) in [6.45, 7) is -0.264. The van der Waals surface area contributed by atoms with Gasteiger partial charge in [0.2, 0.25) is 0 Å². The van der Waals surface area contributed by atoms with E-state index in [1.54, 1.807) is 38.5 Å². The fourth-order valence-electron chi connectivity index (χ4n) is 2.99. The normalized spacial score (nSPS) is 15.3. The summed E-state index contributed by atoms with van der Waals surface area (Å²) in [7, 11) is 3.12. The van der Waals surface area contributed by atoms with Gasteiger partial charge in [-0.3, -0.25) is 4.79 Å². The van der Waals surface area contributed by atoms with E-state index in [0.29, 0.717) is 17.1 Å². The molecule has 0 spiro atoms. The van der Waals surface area contributed by atoms with Crippen molar-refractivity contribution >= 4 is 18.0 Å². The maximum atomic E-state index is 11.9. The number of benzene rings is 1. The molecule has 0 bridgehead atoms. The van der Waals surface area contributed by atoms with Crippen molar-refractivity contribution in [2.75, 3.05) is 20.8 Å². The Hall–Kier alpha value is -2.50. The third-order valence-corrected chi connectivity index (χ3v) is 4.41. The third kappa shape index (κ3) is 6.43. The third-order valence-electron chi connectivity index (χ3n) is 4.41. The highest BCUT2D eigenvalue weighted by Crippen LogP contribution is 2.25. The Morgan fingerprint density at radius 3 is 2.50 bits per heavy atom. The molecule has 1 amide bonds. The summed E-state index contributed by atoms with van der Waals surface area (Å²) >= 11 is 0. The van der Waals surface area contributed by atoms with Gasteiger partial charge in [-0.1, -0.05) is 25.7 Å². The Kier molecular flexibility index (Phi) is 7.99. The van der Waals surface area contributed by atoms with E-state index in [1.165, 1.54) is 18.9 Å². The van der Waals surface area contributed by atoms with Crippen molar-refractivity contribution < 1.29 is 23.8 Å².